The summed E-state index contributed by atoms with van der Waals surface area (Å²) in [7, 11) is 0. The standard InChI is InChI=1S/C12H16O/c1-12(13,9-10-7-8-10)11-5-3-2-4-6-11/h2-6,10,13H,7-9H2,1H3. The van der Waals surface area contributed by atoms with Crippen LogP contribution in [0.2, 0.25) is 0 Å². The largest absolute Gasteiger partial charge is 0.385 e. The molecule has 0 saturated heterocycles. The van der Waals surface area contributed by atoms with Crippen LogP contribution in [0.3, 0.4) is 0 Å². The van der Waals surface area contributed by atoms with Gasteiger partial charge in [0, 0.05) is 0 Å². The monoisotopic (exact) mass is 176 g/mol. The molecule has 1 nitrogen and oxygen atoms in total. The Morgan fingerprint density at radius 1 is 1.31 bits per heavy atom. The molecule has 1 unspecified atom stereocenters. The SMILES string of the molecule is CC(O)(CC1CC1)c1ccccc1. The summed E-state index contributed by atoms with van der Waals surface area (Å²) in [4.78, 5) is 0. The zero-order valence-electron chi connectivity index (χ0n) is 8.03. The van der Waals surface area contributed by atoms with Crippen LogP contribution < -0.4 is 0 Å². The van der Waals surface area contributed by atoms with E-state index in [1.807, 2.05) is 37.3 Å². The van der Waals surface area contributed by atoms with Crippen molar-refractivity contribution in [3.63, 3.8) is 0 Å². The van der Waals surface area contributed by atoms with Gasteiger partial charge >= 0.3 is 0 Å². The number of aliphatic hydroxyl groups is 1. The van der Waals surface area contributed by atoms with Crippen molar-refractivity contribution in [3.8, 4) is 0 Å². The van der Waals surface area contributed by atoms with Crippen molar-refractivity contribution >= 4 is 0 Å². The highest BCUT2D eigenvalue weighted by Crippen LogP contribution is 2.40. The summed E-state index contributed by atoms with van der Waals surface area (Å²) in [6.45, 7) is 1.92. The molecule has 1 atom stereocenters. The Morgan fingerprint density at radius 2 is 1.92 bits per heavy atom. The molecule has 1 aromatic rings. The van der Waals surface area contributed by atoms with Gasteiger partial charge in [-0.1, -0.05) is 43.2 Å². The summed E-state index contributed by atoms with van der Waals surface area (Å²) >= 11 is 0. The molecule has 0 aliphatic heterocycles. The summed E-state index contributed by atoms with van der Waals surface area (Å²) < 4.78 is 0. The second-order valence-electron chi connectivity index (χ2n) is 4.29. The predicted molar refractivity (Wildman–Crippen MR) is 53.4 cm³/mol. The van der Waals surface area contributed by atoms with Crippen molar-refractivity contribution in [1.29, 1.82) is 0 Å². The summed E-state index contributed by atoms with van der Waals surface area (Å²) in [6.07, 6.45) is 3.50. The molecule has 0 amide bonds. The second kappa shape index (κ2) is 3.15. The molecule has 0 bridgehead atoms. The zero-order valence-corrected chi connectivity index (χ0v) is 8.03. The fourth-order valence-corrected chi connectivity index (χ4v) is 1.80. The molecule has 0 spiro atoms. The molecule has 2 rings (SSSR count). The normalized spacial score (nSPS) is 21.1. The van der Waals surface area contributed by atoms with Gasteiger partial charge in [0.1, 0.15) is 0 Å². The first-order valence-electron chi connectivity index (χ1n) is 4.96. The number of hydrogen-bond donors (Lipinski definition) is 1. The topological polar surface area (TPSA) is 20.2 Å². The Hall–Kier alpha value is -0.820. The van der Waals surface area contributed by atoms with Crippen molar-refractivity contribution < 1.29 is 5.11 Å². The summed E-state index contributed by atoms with van der Waals surface area (Å²) in [5.74, 6) is 0.759. The molecule has 0 heterocycles. The predicted octanol–water partition coefficient (Wildman–Crippen LogP) is 2.69. The van der Waals surface area contributed by atoms with Crippen LogP contribution in [0, 0.1) is 5.92 Å². The van der Waals surface area contributed by atoms with E-state index in [0.29, 0.717) is 0 Å². The van der Waals surface area contributed by atoms with Gasteiger partial charge in [-0.15, -0.1) is 0 Å². The van der Waals surface area contributed by atoms with Crippen molar-refractivity contribution in [2.75, 3.05) is 0 Å². The van der Waals surface area contributed by atoms with Gasteiger partial charge in [0.15, 0.2) is 0 Å². The third-order valence-corrected chi connectivity index (χ3v) is 2.78. The Labute approximate surface area is 79.4 Å². The average Bonchev–Trinajstić information content (AvgIpc) is 2.89. The van der Waals surface area contributed by atoms with Crippen LogP contribution in [0.15, 0.2) is 30.3 Å². The fraction of sp³-hybridized carbons (Fsp3) is 0.500. The van der Waals surface area contributed by atoms with Crippen LogP contribution in [0.5, 0.6) is 0 Å². The molecule has 70 valence electrons. The number of rotatable bonds is 3. The maximum Gasteiger partial charge on any atom is 0.0871 e. The first kappa shape index (κ1) is 8.76. The van der Waals surface area contributed by atoms with Crippen LogP contribution in [0.4, 0.5) is 0 Å². The minimum absolute atomic E-state index is 0.623. The van der Waals surface area contributed by atoms with Crippen molar-refractivity contribution in [3.05, 3.63) is 35.9 Å². The second-order valence-corrected chi connectivity index (χ2v) is 4.29. The zero-order chi connectivity index (χ0) is 9.31. The van der Waals surface area contributed by atoms with Gasteiger partial charge in [0.05, 0.1) is 5.60 Å². The van der Waals surface area contributed by atoms with Gasteiger partial charge in [-0.25, -0.2) is 0 Å². The lowest BCUT2D eigenvalue weighted by Gasteiger charge is -2.23. The third kappa shape index (κ3) is 2.10. The smallest absolute Gasteiger partial charge is 0.0871 e. The first-order valence-corrected chi connectivity index (χ1v) is 4.96. The Bertz CT molecular complexity index is 272. The fourth-order valence-electron chi connectivity index (χ4n) is 1.80. The molecule has 1 aliphatic rings. The van der Waals surface area contributed by atoms with Crippen molar-refractivity contribution in [2.24, 2.45) is 5.92 Å². The van der Waals surface area contributed by atoms with E-state index in [0.717, 1.165) is 17.9 Å². The molecule has 1 saturated carbocycles. The van der Waals surface area contributed by atoms with E-state index < -0.39 is 5.60 Å². The average molecular weight is 176 g/mol. The maximum absolute atomic E-state index is 10.2. The van der Waals surface area contributed by atoms with Gasteiger partial charge in [-0.05, 0) is 24.8 Å². The molecule has 1 aromatic carbocycles. The van der Waals surface area contributed by atoms with E-state index in [9.17, 15) is 5.11 Å². The molecular weight excluding hydrogens is 160 g/mol. The van der Waals surface area contributed by atoms with Crippen LogP contribution >= 0.6 is 0 Å². The molecule has 1 heteroatoms. The van der Waals surface area contributed by atoms with E-state index in [1.165, 1.54) is 12.8 Å². The number of hydrogen-bond acceptors (Lipinski definition) is 1. The highest BCUT2D eigenvalue weighted by molar-refractivity contribution is 5.21. The molecule has 1 N–H and O–H groups in total. The van der Waals surface area contributed by atoms with E-state index in [4.69, 9.17) is 0 Å². The van der Waals surface area contributed by atoms with E-state index in [2.05, 4.69) is 0 Å². The van der Waals surface area contributed by atoms with Gasteiger partial charge < -0.3 is 5.11 Å². The Balaban J connectivity index is 2.12. The molecule has 1 aliphatic carbocycles. The molecule has 0 radical (unpaired) electrons. The van der Waals surface area contributed by atoms with Crippen LogP contribution in [0.1, 0.15) is 31.7 Å². The molecular formula is C12H16O. The van der Waals surface area contributed by atoms with Crippen LogP contribution in [-0.2, 0) is 5.60 Å². The lowest BCUT2D eigenvalue weighted by atomic mass is 9.90. The van der Waals surface area contributed by atoms with Crippen LogP contribution in [0.25, 0.3) is 0 Å². The van der Waals surface area contributed by atoms with E-state index >= 15 is 0 Å². The van der Waals surface area contributed by atoms with E-state index in [-0.39, 0.29) is 0 Å². The minimum Gasteiger partial charge on any atom is -0.385 e. The van der Waals surface area contributed by atoms with Gasteiger partial charge in [0.25, 0.3) is 0 Å². The Kier molecular flexibility index (Phi) is 2.12. The highest BCUT2D eigenvalue weighted by atomic mass is 16.3. The lowest BCUT2D eigenvalue weighted by molar-refractivity contribution is 0.0417. The van der Waals surface area contributed by atoms with Crippen LogP contribution in [-0.4, -0.2) is 5.11 Å². The van der Waals surface area contributed by atoms with Gasteiger partial charge in [0.2, 0.25) is 0 Å². The first-order chi connectivity index (χ1) is 6.18. The lowest BCUT2D eigenvalue weighted by Crippen LogP contribution is -2.21. The Morgan fingerprint density at radius 3 is 2.46 bits per heavy atom. The minimum atomic E-state index is -0.623. The molecule has 1 fully saturated rings. The molecule has 0 aromatic heterocycles. The summed E-state index contributed by atoms with van der Waals surface area (Å²) in [5, 5.41) is 10.2. The summed E-state index contributed by atoms with van der Waals surface area (Å²) in [6, 6.07) is 9.95. The maximum atomic E-state index is 10.2. The highest BCUT2D eigenvalue weighted by Gasteiger charge is 2.32. The van der Waals surface area contributed by atoms with E-state index in [1.54, 1.807) is 0 Å². The van der Waals surface area contributed by atoms with Crippen molar-refractivity contribution in [2.45, 2.75) is 31.8 Å². The number of benzene rings is 1. The third-order valence-electron chi connectivity index (χ3n) is 2.78. The van der Waals surface area contributed by atoms with Crippen molar-refractivity contribution in [1.82, 2.24) is 0 Å². The van der Waals surface area contributed by atoms with Gasteiger partial charge in [-0.2, -0.15) is 0 Å². The quantitative estimate of drug-likeness (QED) is 0.750. The summed E-state index contributed by atoms with van der Waals surface area (Å²) in [5.41, 5.74) is 0.421. The molecule has 13 heavy (non-hydrogen) atoms. The van der Waals surface area contributed by atoms with Gasteiger partial charge in [-0.3, -0.25) is 0 Å².